The number of para-hydroxylation sites is 3. The smallest absolute Gasteiger partial charge is 0.255 e. The molecule has 1 unspecified atom stereocenters. The maximum absolute atomic E-state index is 13.0. The van der Waals surface area contributed by atoms with Crippen LogP contribution in [0.2, 0.25) is 5.02 Å². The molecule has 0 saturated heterocycles. The van der Waals surface area contributed by atoms with Crippen molar-refractivity contribution < 1.29 is 14.3 Å². The number of hydrogen-bond acceptors (Lipinski definition) is 4. The van der Waals surface area contributed by atoms with E-state index >= 15 is 0 Å². The van der Waals surface area contributed by atoms with Gasteiger partial charge in [-0.05, 0) is 74.7 Å². The van der Waals surface area contributed by atoms with Crippen molar-refractivity contribution in [3.63, 3.8) is 0 Å². The summed E-state index contributed by atoms with van der Waals surface area (Å²) in [5.41, 5.74) is 3.46. The Kier molecular flexibility index (Phi) is 7.93. The van der Waals surface area contributed by atoms with Gasteiger partial charge in [-0.15, -0.1) is 0 Å². The predicted octanol–water partition coefficient (Wildman–Crippen LogP) is 6.36. The molecule has 182 valence electrons. The number of methoxy groups -OCH3 is 1. The van der Waals surface area contributed by atoms with E-state index in [1.807, 2.05) is 62.4 Å². The molecule has 4 aromatic rings. The number of fused-ring (bicyclic) bond motifs is 1. The molecule has 1 aromatic heterocycles. The number of amides is 1. The lowest BCUT2D eigenvalue weighted by atomic mass is 10.1. The van der Waals surface area contributed by atoms with Crippen LogP contribution in [0.1, 0.15) is 47.6 Å². The summed E-state index contributed by atoms with van der Waals surface area (Å²) in [5, 5.41) is 3.82. The molecule has 0 aliphatic heterocycles. The fourth-order valence-corrected chi connectivity index (χ4v) is 4.22. The fourth-order valence-electron chi connectivity index (χ4n) is 4.10. The van der Waals surface area contributed by atoms with E-state index in [-0.39, 0.29) is 11.9 Å². The number of nitrogens with zero attached hydrogens (tertiary/aromatic N) is 2. The molecule has 7 heteroatoms. The largest absolute Gasteiger partial charge is 0.496 e. The van der Waals surface area contributed by atoms with E-state index in [1.165, 1.54) is 0 Å². The Morgan fingerprint density at radius 3 is 2.66 bits per heavy atom. The monoisotopic (exact) mass is 491 g/mol. The maximum atomic E-state index is 13.0. The second kappa shape index (κ2) is 11.3. The number of rotatable bonds is 10. The van der Waals surface area contributed by atoms with E-state index in [1.54, 1.807) is 19.2 Å². The Morgan fingerprint density at radius 1 is 1.09 bits per heavy atom. The average molecular weight is 492 g/mol. The van der Waals surface area contributed by atoms with Gasteiger partial charge < -0.3 is 19.4 Å². The lowest BCUT2D eigenvalue weighted by Crippen LogP contribution is -2.29. The van der Waals surface area contributed by atoms with Crippen LogP contribution in [0.3, 0.4) is 0 Å². The van der Waals surface area contributed by atoms with Crippen LogP contribution in [-0.4, -0.2) is 29.2 Å². The third kappa shape index (κ3) is 5.77. The minimum Gasteiger partial charge on any atom is -0.496 e. The first-order chi connectivity index (χ1) is 17.0. The van der Waals surface area contributed by atoms with Crippen LogP contribution in [0.25, 0.3) is 11.0 Å². The average Bonchev–Trinajstić information content (AvgIpc) is 3.24. The number of aryl methyl sites for hydroxylation is 2. The standard InChI is InChI=1S/C28H30ClN3O3/c1-19-18-21(14-15-23(19)29)35-17-9-8-16-32-25-12-6-5-11-24(25)31-27(32)20(2)30-28(33)22-10-4-7-13-26(22)34-3/h4-7,10-15,18,20H,8-9,16-17H2,1-3H3,(H,30,33). The van der Waals surface area contributed by atoms with Crippen molar-refractivity contribution in [1.29, 1.82) is 0 Å². The summed E-state index contributed by atoms with van der Waals surface area (Å²) in [6, 6.07) is 20.7. The Morgan fingerprint density at radius 2 is 1.86 bits per heavy atom. The molecule has 1 N–H and O–H groups in total. The summed E-state index contributed by atoms with van der Waals surface area (Å²) in [5.74, 6) is 2.00. The summed E-state index contributed by atoms with van der Waals surface area (Å²) in [6.45, 7) is 5.31. The minimum absolute atomic E-state index is 0.194. The summed E-state index contributed by atoms with van der Waals surface area (Å²) in [7, 11) is 1.56. The number of halogens is 1. The molecule has 1 atom stereocenters. The van der Waals surface area contributed by atoms with Gasteiger partial charge in [-0.2, -0.15) is 0 Å². The SMILES string of the molecule is COc1ccccc1C(=O)NC(C)c1nc2ccccc2n1CCCCOc1ccc(Cl)c(C)c1. The van der Waals surface area contributed by atoms with Crippen molar-refractivity contribution in [2.45, 2.75) is 39.3 Å². The molecular weight excluding hydrogens is 462 g/mol. The molecule has 0 fully saturated rings. The Bertz CT molecular complexity index is 1320. The Balaban J connectivity index is 1.43. The highest BCUT2D eigenvalue weighted by Gasteiger charge is 2.20. The van der Waals surface area contributed by atoms with Gasteiger partial charge >= 0.3 is 0 Å². The lowest BCUT2D eigenvalue weighted by Gasteiger charge is -2.17. The molecule has 0 aliphatic carbocycles. The van der Waals surface area contributed by atoms with Crippen LogP contribution in [0, 0.1) is 6.92 Å². The van der Waals surface area contributed by atoms with Crippen LogP contribution < -0.4 is 14.8 Å². The van der Waals surface area contributed by atoms with Crippen LogP contribution in [0.4, 0.5) is 0 Å². The molecule has 0 bridgehead atoms. The molecule has 0 saturated carbocycles. The van der Waals surface area contributed by atoms with Gasteiger partial charge in [0.25, 0.3) is 5.91 Å². The number of benzene rings is 3. The molecule has 1 amide bonds. The van der Waals surface area contributed by atoms with Gasteiger partial charge in [0.1, 0.15) is 17.3 Å². The molecule has 0 aliphatic rings. The lowest BCUT2D eigenvalue weighted by molar-refractivity contribution is 0.0934. The topological polar surface area (TPSA) is 65.4 Å². The Hall–Kier alpha value is -3.51. The zero-order valence-corrected chi connectivity index (χ0v) is 21.0. The van der Waals surface area contributed by atoms with Crippen molar-refractivity contribution in [3.05, 3.63) is 88.7 Å². The van der Waals surface area contributed by atoms with Crippen LogP contribution in [0.15, 0.2) is 66.7 Å². The van der Waals surface area contributed by atoms with Gasteiger partial charge in [0.05, 0.1) is 36.4 Å². The van der Waals surface area contributed by atoms with Gasteiger partial charge in [-0.3, -0.25) is 4.79 Å². The molecule has 6 nitrogen and oxygen atoms in total. The number of unbranched alkanes of at least 4 members (excludes halogenated alkanes) is 1. The number of nitrogens with one attached hydrogen (secondary N) is 1. The van der Waals surface area contributed by atoms with E-state index in [9.17, 15) is 4.79 Å². The first-order valence-electron chi connectivity index (χ1n) is 11.8. The Labute approximate surface area is 210 Å². The molecule has 0 spiro atoms. The molecule has 35 heavy (non-hydrogen) atoms. The second-order valence-electron chi connectivity index (χ2n) is 8.47. The normalized spacial score (nSPS) is 11.9. The van der Waals surface area contributed by atoms with Crippen molar-refractivity contribution in [2.75, 3.05) is 13.7 Å². The zero-order valence-electron chi connectivity index (χ0n) is 20.3. The van der Waals surface area contributed by atoms with Crippen LogP contribution in [-0.2, 0) is 6.54 Å². The van der Waals surface area contributed by atoms with E-state index in [2.05, 4.69) is 16.0 Å². The predicted molar refractivity (Wildman–Crippen MR) is 140 cm³/mol. The highest BCUT2D eigenvalue weighted by Crippen LogP contribution is 2.24. The van der Waals surface area contributed by atoms with E-state index in [0.717, 1.165) is 52.6 Å². The van der Waals surface area contributed by atoms with Gasteiger partial charge in [0.2, 0.25) is 0 Å². The van der Waals surface area contributed by atoms with Crippen molar-refractivity contribution in [3.8, 4) is 11.5 Å². The number of aromatic nitrogens is 2. The van der Waals surface area contributed by atoms with Gasteiger partial charge in [-0.1, -0.05) is 35.9 Å². The van der Waals surface area contributed by atoms with Crippen LogP contribution >= 0.6 is 11.6 Å². The number of imidazole rings is 1. The first-order valence-corrected chi connectivity index (χ1v) is 12.1. The number of carbonyl (C=O) groups is 1. The molecular formula is C28H30ClN3O3. The van der Waals surface area contributed by atoms with Gasteiger partial charge in [0.15, 0.2) is 0 Å². The second-order valence-corrected chi connectivity index (χ2v) is 8.88. The summed E-state index contributed by atoms with van der Waals surface area (Å²) < 4.78 is 13.4. The highest BCUT2D eigenvalue weighted by molar-refractivity contribution is 6.31. The van der Waals surface area contributed by atoms with E-state index in [4.69, 9.17) is 26.1 Å². The quantitative estimate of drug-likeness (QED) is 0.262. The first kappa shape index (κ1) is 24.6. The van der Waals surface area contributed by atoms with E-state index < -0.39 is 0 Å². The summed E-state index contributed by atoms with van der Waals surface area (Å²) in [6.07, 6.45) is 1.79. The van der Waals surface area contributed by atoms with Gasteiger partial charge in [0, 0.05) is 11.6 Å². The highest BCUT2D eigenvalue weighted by atomic mass is 35.5. The van der Waals surface area contributed by atoms with Gasteiger partial charge in [-0.25, -0.2) is 4.98 Å². The van der Waals surface area contributed by atoms with Crippen molar-refractivity contribution >= 4 is 28.5 Å². The zero-order chi connectivity index (χ0) is 24.8. The molecule has 3 aromatic carbocycles. The number of hydrogen-bond donors (Lipinski definition) is 1. The number of ether oxygens (including phenoxy) is 2. The summed E-state index contributed by atoms with van der Waals surface area (Å²) >= 11 is 6.09. The maximum Gasteiger partial charge on any atom is 0.255 e. The number of carbonyl (C=O) groups excluding carboxylic acids is 1. The molecule has 0 radical (unpaired) electrons. The van der Waals surface area contributed by atoms with E-state index in [0.29, 0.717) is 17.9 Å². The molecule has 4 rings (SSSR count). The third-order valence-corrected chi connectivity index (χ3v) is 6.37. The minimum atomic E-state index is -0.284. The summed E-state index contributed by atoms with van der Waals surface area (Å²) in [4.78, 5) is 17.8. The van der Waals surface area contributed by atoms with Crippen molar-refractivity contribution in [2.24, 2.45) is 0 Å². The van der Waals surface area contributed by atoms with Crippen LogP contribution in [0.5, 0.6) is 11.5 Å². The fraction of sp³-hybridized carbons (Fsp3) is 0.286. The van der Waals surface area contributed by atoms with Crippen molar-refractivity contribution in [1.82, 2.24) is 14.9 Å². The third-order valence-electron chi connectivity index (χ3n) is 5.94. The molecule has 1 heterocycles.